The largest absolute Gasteiger partial charge is 0.368 e. The van der Waals surface area contributed by atoms with Gasteiger partial charge in [0.25, 0.3) is 0 Å². The Kier molecular flexibility index (Phi) is 2.39. The quantitative estimate of drug-likeness (QED) is 0.769. The number of aryl methyl sites for hydroxylation is 1. The van der Waals surface area contributed by atoms with Crippen molar-refractivity contribution in [1.82, 2.24) is 14.8 Å². The Bertz CT molecular complexity index is 493. The van der Waals surface area contributed by atoms with Crippen LogP contribution >= 0.6 is 23.6 Å². The highest BCUT2D eigenvalue weighted by Gasteiger charge is 2.03. The van der Waals surface area contributed by atoms with E-state index in [0.29, 0.717) is 17.3 Å². The summed E-state index contributed by atoms with van der Waals surface area (Å²) in [6, 6.07) is 4.16. The molecule has 0 bridgehead atoms. The predicted octanol–water partition coefficient (Wildman–Crippen LogP) is 1.94. The van der Waals surface area contributed by atoms with Crippen LogP contribution in [0.15, 0.2) is 12.1 Å². The van der Waals surface area contributed by atoms with Crippen LogP contribution in [-0.2, 0) is 6.54 Å². The van der Waals surface area contributed by atoms with Crippen molar-refractivity contribution in [2.24, 2.45) is 0 Å². The number of nitrogens with two attached hydrogens (primary N) is 1. The van der Waals surface area contributed by atoms with Crippen LogP contribution in [0.2, 0.25) is 0 Å². The fraction of sp³-hybridized carbons (Fsp3) is 0.250. The van der Waals surface area contributed by atoms with Crippen LogP contribution in [0.25, 0.3) is 0 Å². The highest BCUT2D eigenvalue weighted by Crippen LogP contribution is 2.17. The number of nitrogen functional groups attached to an aromatic ring is 1. The zero-order valence-electron chi connectivity index (χ0n) is 7.65. The molecule has 0 amide bonds. The molecule has 0 saturated carbocycles. The third-order valence-corrected chi connectivity index (χ3v) is 3.19. The molecule has 2 aromatic rings. The summed E-state index contributed by atoms with van der Waals surface area (Å²) in [5.74, 6) is 0.432. The second-order valence-electron chi connectivity index (χ2n) is 2.99. The third kappa shape index (κ3) is 1.71. The number of aromatic nitrogens is 3. The van der Waals surface area contributed by atoms with Gasteiger partial charge in [0.15, 0.2) is 4.77 Å². The van der Waals surface area contributed by atoms with Crippen LogP contribution in [0.4, 0.5) is 5.95 Å². The van der Waals surface area contributed by atoms with Gasteiger partial charge in [0.2, 0.25) is 5.95 Å². The lowest BCUT2D eigenvalue weighted by Crippen LogP contribution is -2.03. The van der Waals surface area contributed by atoms with Gasteiger partial charge >= 0.3 is 0 Å². The molecule has 6 heteroatoms. The lowest BCUT2D eigenvalue weighted by atomic mass is 10.4. The Balaban J connectivity index is 2.31. The Hall–Kier alpha value is -1.14. The number of nitrogens with one attached hydrogen (secondary N) is 1. The predicted molar refractivity (Wildman–Crippen MR) is 60.0 cm³/mol. The van der Waals surface area contributed by atoms with Gasteiger partial charge in [-0.1, -0.05) is 0 Å². The fourth-order valence-electron chi connectivity index (χ4n) is 1.21. The van der Waals surface area contributed by atoms with Crippen LogP contribution in [0.1, 0.15) is 9.75 Å². The number of H-pyrrole nitrogens is 1. The first-order chi connectivity index (χ1) is 6.66. The third-order valence-electron chi connectivity index (χ3n) is 1.90. The zero-order chi connectivity index (χ0) is 10.1. The van der Waals surface area contributed by atoms with E-state index in [1.807, 2.05) is 0 Å². The second kappa shape index (κ2) is 3.55. The molecule has 2 aromatic heterocycles. The van der Waals surface area contributed by atoms with Crippen LogP contribution in [0.5, 0.6) is 0 Å². The molecule has 0 unspecified atom stereocenters. The maximum Gasteiger partial charge on any atom is 0.220 e. The van der Waals surface area contributed by atoms with E-state index < -0.39 is 0 Å². The van der Waals surface area contributed by atoms with E-state index >= 15 is 0 Å². The number of thiophene rings is 1. The van der Waals surface area contributed by atoms with Crippen molar-refractivity contribution < 1.29 is 0 Å². The molecular weight excluding hydrogens is 216 g/mol. The monoisotopic (exact) mass is 226 g/mol. The van der Waals surface area contributed by atoms with Crippen molar-refractivity contribution in [3.8, 4) is 0 Å². The summed E-state index contributed by atoms with van der Waals surface area (Å²) in [4.78, 5) is 2.51. The molecule has 4 nitrogen and oxygen atoms in total. The molecule has 14 heavy (non-hydrogen) atoms. The van der Waals surface area contributed by atoms with Gasteiger partial charge in [0, 0.05) is 9.75 Å². The average Bonchev–Trinajstić information content (AvgIpc) is 2.67. The number of rotatable bonds is 2. The van der Waals surface area contributed by atoms with Crippen molar-refractivity contribution in [1.29, 1.82) is 0 Å². The van der Waals surface area contributed by atoms with Gasteiger partial charge in [-0.05, 0) is 31.3 Å². The summed E-state index contributed by atoms with van der Waals surface area (Å²) < 4.78 is 2.34. The topological polar surface area (TPSA) is 59.6 Å². The molecule has 74 valence electrons. The van der Waals surface area contributed by atoms with E-state index in [9.17, 15) is 0 Å². The van der Waals surface area contributed by atoms with E-state index in [0.717, 1.165) is 0 Å². The van der Waals surface area contributed by atoms with Gasteiger partial charge in [-0.3, -0.25) is 4.57 Å². The molecule has 0 aromatic carbocycles. The molecule has 0 aliphatic heterocycles. The van der Waals surface area contributed by atoms with Crippen molar-refractivity contribution >= 4 is 29.5 Å². The standard InChI is InChI=1S/C8H10N4S2/c1-5-2-3-6(14-5)4-12-7(9)10-11-8(12)13/h2-3H,4H2,1H3,(H2,9,10)(H,11,13). The number of anilines is 1. The highest BCUT2D eigenvalue weighted by atomic mass is 32.1. The van der Waals surface area contributed by atoms with Crippen LogP contribution in [-0.4, -0.2) is 14.8 Å². The average molecular weight is 226 g/mol. The Morgan fingerprint density at radius 1 is 1.64 bits per heavy atom. The molecule has 0 radical (unpaired) electrons. The van der Waals surface area contributed by atoms with Crippen molar-refractivity contribution in [3.05, 3.63) is 26.7 Å². The Morgan fingerprint density at radius 2 is 2.43 bits per heavy atom. The number of hydrogen-bond acceptors (Lipinski definition) is 4. The lowest BCUT2D eigenvalue weighted by Gasteiger charge is -1.99. The van der Waals surface area contributed by atoms with Crippen molar-refractivity contribution in [2.75, 3.05) is 5.73 Å². The number of hydrogen-bond donors (Lipinski definition) is 2. The lowest BCUT2D eigenvalue weighted by molar-refractivity contribution is 0.806. The molecule has 0 spiro atoms. The van der Waals surface area contributed by atoms with E-state index in [1.54, 1.807) is 15.9 Å². The number of nitrogens with zero attached hydrogens (tertiary/aromatic N) is 2. The van der Waals surface area contributed by atoms with Gasteiger partial charge in [-0.2, -0.15) is 0 Å². The minimum Gasteiger partial charge on any atom is -0.368 e. The summed E-state index contributed by atoms with van der Waals surface area (Å²) in [7, 11) is 0. The van der Waals surface area contributed by atoms with E-state index in [4.69, 9.17) is 18.0 Å². The fourth-order valence-corrected chi connectivity index (χ4v) is 2.29. The van der Waals surface area contributed by atoms with Gasteiger partial charge in [-0.25, -0.2) is 5.10 Å². The van der Waals surface area contributed by atoms with Gasteiger partial charge in [-0.15, -0.1) is 16.4 Å². The summed E-state index contributed by atoms with van der Waals surface area (Å²) in [6.07, 6.45) is 0. The smallest absolute Gasteiger partial charge is 0.220 e. The molecular formula is C8H10N4S2. The maximum atomic E-state index is 5.65. The minimum atomic E-state index is 0.432. The molecule has 0 aliphatic rings. The Labute approximate surface area is 90.4 Å². The van der Waals surface area contributed by atoms with Gasteiger partial charge < -0.3 is 5.73 Å². The van der Waals surface area contributed by atoms with Crippen LogP contribution < -0.4 is 5.73 Å². The molecule has 0 saturated heterocycles. The van der Waals surface area contributed by atoms with E-state index in [1.165, 1.54) is 9.75 Å². The Morgan fingerprint density at radius 3 is 2.93 bits per heavy atom. The van der Waals surface area contributed by atoms with Crippen molar-refractivity contribution in [3.63, 3.8) is 0 Å². The van der Waals surface area contributed by atoms with E-state index in [-0.39, 0.29) is 0 Å². The summed E-state index contributed by atoms with van der Waals surface area (Å²) in [6.45, 7) is 2.77. The highest BCUT2D eigenvalue weighted by molar-refractivity contribution is 7.71. The minimum absolute atomic E-state index is 0.432. The molecule has 2 rings (SSSR count). The van der Waals surface area contributed by atoms with Gasteiger partial charge in [0.05, 0.1) is 6.54 Å². The van der Waals surface area contributed by atoms with Crippen molar-refractivity contribution in [2.45, 2.75) is 13.5 Å². The summed E-state index contributed by atoms with van der Waals surface area (Å²) in [5, 5.41) is 6.51. The summed E-state index contributed by atoms with van der Waals surface area (Å²) in [5.41, 5.74) is 5.65. The molecule has 0 aliphatic carbocycles. The molecule has 0 atom stereocenters. The van der Waals surface area contributed by atoms with E-state index in [2.05, 4.69) is 29.3 Å². The second-order valence-corrected chi connectivity index (χ2v) is 4.74. The first-order valence-corrected chi connectivity index (χ1v) is 5.35. The maximum absolute atomic E-state index is 5.65. The first-order valence-electron chi connectivity index (χ1n) is 4.13. The first kappa shape index (κ1) is 9.42. The van der Waals surface area contributed by atoms with Crippen LogP contribution in [0.3, 0.4) is 0 Å². The normalized spacial score (nSPS) is 10.6. The van der Waals surface area contributed by atoms with Gasteiger partial charge in [0.1, 0.15) is 0 Å². The molecule has 2 heterocycles. The SMILES string of the molecule is Cc1ccc(Cn2c(N)n[nH]c2=S)s1. The zero-order valence-corrected chi connectivity index (χ0v) is 9.28. The summed E-state index contributed by atoms with van der Waals surface area (Å²) >= 11 is 6.79. The molecule has 0 fully saturated rings. The van der Waals surface area contributed by atoms with Crippen LogP contribution in [0, 0.1) is 11.7 Å². The number of aromatic amines is 1. The molecule has 3 N–H and O–H groups in total.